The van der Waals surface area contributed by atoms with Crippen LogP contribution < -0.4 is 5.32 Å². The average Bonchev–Trinajstić information content (AvgIpc) is 2.20. The second-order valence-electron chi connectivity index (χ2n) is 5.34. The van der Waals surface area contributed by atoms with Gasteiger partial charge in [0.15, 0.2) is 0 Å². The van der Waals surface area contributed by atoms with Gasteiger partial charge in [0.1, 0.15) is 0 Å². The highest BCUT2D eigenvalue weighted by Crippen LogP contribution is 2.08. The summed E-state index contributed by atoms with van der Waals surface area (Å²) in [7, 11) is 3.94. The second-order valence-corrected chi connectivity index (χ2v) is 5.34. The molecule has 0 heterocycles. The molecule has 3 heteroatoms. The van der Waals surface area contributed by atoms with Crippen LogP contribution >= 0.6 is 0 Å². The van der Waals surface area contributed by atoms with E-state index in [2.05, 4.69) is 45.0 Å². The van der Waals surface area contributed by atoms with Crippen molar-refractivity contribution in [3.63, 3.8) is 0 Å². The van der Waals surface area contributed by atoms with Crippen molar-refractivity contribution >= 4 is 0 Å². The molecule has 16 heavy (non-hydrogen) atoms. The molecular formula is C13H30N2O. The third-order valence-corrected chi connectivity index (χ3v) is 2.89. The zero-order valence-corrected chi connectivity index (χ0v) is 11.9. The molecule has 0 bridgehead atoms. The quantitative estimate of drug-likeness (QED) is 0.654. The molecule has 0 fully saturated rings. The lowest BCUT2D eigenvalue weighted by Gasteiger charge is -2.31. The van der Waals surface area contributed by atoms with Gasteiger partial charge in [-0.2, -0.15) is 0 Å². The zero-order valence-electron chi connectivity index (χ0n) is 11.9. The van der Waals surface area contributed by atoms with Gasteiger partial charge in [0.05, 0.1) is 6.61 Å². The van der Waals surface area contributed by atoms with E-state index in [1.165, 1.54) is 0 Å². The van der Waals surface area contributed by atoms with Crippen LogP contribution in [0.5, 0.6) is 0 Å². The number of hydrogen-bond acceptors (Lipinski definition) is 3. The van der Waals surface area contributed by atoms with Crippen LogP contribution in [-0.2, 0) is 4.74 Å². The van der Waals surface area contributed by atoms with Gasteiger partial charge in [-0.1, -0.05) is 27.7 Å². The first-order chi connectivity index (χ1) is 7.49. The fourth-order valence-electron chi connectivity index (χ4n) is 1.82. The van der Waals surface area contributed by atoms with Crippen molar-refractivity contribution in [2.75, 3.05) is 40.4 Å². The molecule has 0 amide bonds. The smallest absolute Gasteiger partial charge is 0.0589 e. The molecule has 0 aliphatic rings. The number of rotatable bonds is 9. The first kappa shape index (κ1) is 15.9. The zero-order chi connectivity index (χ0) is 12.6. The van der Waals surface area contributed by atoms with E-state index in [-0.39, 0.29) is 0 Å². The number of hydrogen-bond donors (Lipinski definition) is 1. The normalized spacial score (nSPS) is 14.1. The molecular weight excluding hydrogens is 200 g/mol. The molecule has 0 aromatic carbocycles. The first-order valence-electron chi connectivity index (χ1n) is 6.38. The Bertz CT molecular complexity index is 160. The van der Waals surface area contributed by atoms with Crippen molar-refractivity contribution in [1.29, 1.82) is 0 Å². The molecule has 0 radical (unpaired) electrons. The summed E-state index contributed by atoms with van der Waals surface area (Å²) in [6.07, 6.45) is 0. The summed E-state index contributed by atoms with van der Waals surface area (Å²) in [6.45, 7) is 13.0. The Balaban J connectivity index is 3.95. The largest absolute Gasteiger partial charge is 0.383 e. The molecule has 1 unspecified atom stereocenters. The highest BCUT2D eigenvalue weighted by molar-refractivity contribution is 4.75. The number of ether oxygens (including phenoxy) is 1. The number of nitrogens with one attached hydrogen (secondary N) is 1. The van der Waals surface area contributed by atoms with Crippen molar-refractivity contribution in [2.24, 2.45) is 11.8 Å². The Morgan fingerprint density at radius 1 is 1.12 bits per heavy atom. The van der Waals surface area contributed by atoms with Crippen LogP contribution in [-0.4, -0.2) is 51.3 Å². The Kier molecular flexibility index (Phi) is 8.90. The molecule has 0 aromatic rings. The molecule has 0 aromatic heterocycles. The summed E-state index contributed by atoms with van der Waals surface area (Å²) in [6, 6.07) is 0.592. The third-order valence-electron chi connectivity index (χ3n) is 2.89. The average molecular weight is 230 g/mol. The van der Waals surface area contributed by atoms with E-state index < -0.39 is 0 Å². The van der Waals surface area contributed by atoms with Crippen molar-refractivity contribution in [3.8, 4) is 0 Å². The van der Waals surface area contributed by atoms with Gasteiger partial charge in [0.25, 0.3) is 0 Å². The van der Waals surface area contributed by atoms with Crippen molar-refractivity contribution in [3.05, 3.63) is 0 Å². The fraction of sp³-hybridized carbons (Fsp3) is 1.00. The van der Waals surface area contributed by atoms with Crippen LogP contribution in [0.3, 0.4) is 0 Å². The van der Waals surface area contributed by atoms with Crippen LogP contribution in [0.25, 0.3) is 0 Å². The van der Waals surface area contributed by atoms with Gasteiger partial charge in [-0.25, -0.2) is 0 Å². The van der Waals surface area contributed by atoms with E-state index in [0.717, 1.165) is 32.2 Å². The van der Waals surface area contributed by atoms with Gasteiger partial charge in [0.2, 0.25) is 0 Å². The van der Waals surface area contributed by atoms with Crippen LogP contribution in [0.15, 0.2) is 0 Å². The van der Waals surface area contributed by atoms with Crippen LogP contribution in [0, 0.1) is 11.8 Å². The molecule has 98 valence electrons. The lowest BCUT2D eigenvalue weighted by molar-refractivity contribution is 0.120. The lowest BCUT2D eigenvalue weighted by Crippen LogP contribution is -2.45. The summed E-state index contributed by atoms with van der Waals surface area (Å²) in [5.74, 6) is 1.39. The number of nitrogens with zero attached hydrogens (tertiary/aromatic N) is 1. The molecule has 0 spiro atoms. The van der Waals surface area contributed by atoms with Gasteiger partial charge in [-0.05, 0) is 25.4 Å². The Labute approximate surface area is 102 Å². The SMILES string of the molecule is COCCN(C)C(CNCC(C)C)C(C)C. The molecule has 0 saturated heterocycles. The maximum atomic E-state index is 5.12. The van der Waals surface area contributed by atoms with Gasteiger partial charge < -0.3 is 10.1 Å². The van der Waals surface area contributed by atoms with Crippen LogP contribution in [0.4, 0.5) is 0 Å². The lowest BCUT2D eigenvalue weighted by atomic mass is 10.0. The minimum absolute atomic E-state index is 0.592. The second kappa shape index (κ2) is 8.97. The maximum Gasteiger partial charge on any atom is 0.0589 e. The van der Waals surface area contributed by atoms with E-state index in [1.54, 1.807) is 7.11 Å². The molecule has 1 atom stereocenters. The molecule has 0 aliphatic heterocycles. The molecule has 0 aliphatic carbocycles. The van der Waals surface area contributed by atoms with Gasteiger partial charge in [-0.15, -0.1) is 0 Å². The highest BCUT2D eigenvalue weighted by Gasteiger charge is 2.17. The van der Waals surface area contributed by atoms with Gasteiger partial charge >= 0.3 is 0 Å². The summed E-state index contributed by atoms with van der Waals surface area (Å²) < 4.78 is 5.12. The molecule has 3 nitrogen and oxygen atoms in total. The first-order valence-corrected chi connectivity index (χ1v) is 6.38. The Morgan fingerprint density at radius 2 is 1.75 bits per heavy atom. The highest BCUT2D eigenvalue weighted by atomic mass is 16.5. The topological polar surface area (TPSA) is 24.5 Å². The third kappa shape index (κ3) is 7.20. The summed E-state index contributed by atoms with van der Waals surface area (Å²) in [5, 5.41) is 3.54. The van der Waals surface area contributed by atoms with Crippen molar-refractivity contribution in [1.82, 2.24) is 10.2 Å². The monoisotopic (exact) mass is 230 g/mol. The Morgan fingerprint density at radius 3 is 2.19 bits per heavy atom. The minimum Gasteiger partial charge on any atom is -0.383 e. The van der Waals surface area contributed by atoms with Gasteiger partial charge in [-0.3, -0.25) is 4.90 Å². The molecule has 1 N–H and O–H groups in total. The van der Waals surface area contributed by atoms with E-state index >= 15 is 0 Å². The molecule has 0 saturated carbocycles. The predicted octanol–water partition coefficient (Wildman–Crippen LogP) is 1.83. The summed E-state index contributed by atoms with van der Waals surface area (Å²) in [5.41, 5.74) is 0. The molecule has 0 rings (SSSR count). The van der Waals surface area contributed by atoms with Gasteiger partial charge in [0, 0.05) is 26.2 Å². The van der Waals surface area contributed by atoms with Crippen LogP contribution in [0.1, 0.15) is 27.7 Å². The van der Waals surface area contributed by atoms with E-state index in [0.29, 0.717) is 12.0 Å². The standard InChI is InChI=1S/C13H30N2O/c1-11(2)9-14-10-13(12(3)4)15(5)7-8-16-6/h11-14H,7-10H2,1-6H3. The van der Waals surface area contributed by atoms with E-state index in [1.807, 2.05) is 0 Å². The minimum atomic E-state index is 0.592. The maximum absolute atomic E-state index is 5.12. The fourth-order valence-corrected chi connectivity index (χ4v) is 1.82. The summed E-state index contributed by atoms with van der Waals surface area (Å²) >= 11 is 0. The van der Waals surface area contributed by atoms with E-state index in [9.17, 15) is 0 Å². The van der Waals surface area contributed by atoms with Crippen molar-refractivity contribution in [2.45, 2.75) is 33.7 Å². The van der Waals surface area contributed by atoms with Crippen molar-refractivity contribution < 1.29 is 4.74 Å². The van der Waals surface area contributed by atoms with E-state index in [4.69, 9.17) is 4.74 Å². The number of methoxy groups -OCH3 is 1. The number of likely N-dealkylation sites (N-methyl/N-ethyl adjacent to an activating group) is 1. The Hall–Kier alpha value is -0.120. The van der Waals surface area contributed by atoms with Crippen LogP contribution in [0.2, 0.25) is 0 Å². The predicted molar refractivity (Wildman–Crippen MR) is 70.8 cm³/mol. The summed E-state index contributed by atoms with van der Waals surface area (Å²) in [4.78, 5) is 2.39.